The molecule has 8 nitrogen and oxygen atoms in total. The number of nitro groups is 1. The van der Waals surface area contributed by atoms with Crippen LogP contribution in [0.4, 0.5) is 11.5 Å². The van der Waals surface area contributed by atoms with Gasteiger partial charge in [0.05, 0.1) is 9.82 Å². The van der Waals surface area contributed by atoms with E-state index in [0.717, 1.165) is 5.69 Å². The Balaban J connectivity index is 1.85. The number of carbonyl (C=O) groups is 1. The lowest BCUT2D eigenvalue weighted by Gasteiger charge is -2.05. The Kier molecular flexibility index (Phi) is 4.81. The van der Waals surface area contributed by atoms with Crippen molar-refractivity contribution >= 4 is 40.5 Å². The van der Waals surface area contributed by atoms with Crippen LogP contribution in [-0.4, -0.2) is 25.6 Å². The number of aromatic nitrogens is 3. The molecule has 0 saturated heterocycles. The largest absolute Gasteiger partial charge is 0.305 e. The summed E-state index contributed by atoms with van der Waals surface area (Å²) in [6.45, 7) is 1.86. The number of nitrogens with zero attached hydrogens (tertiary/aromatic N) is 4. The van der Waals surface area contributed by atoms with Gasteiger partial charge >= 0.3 is 0 Å². The van der Waals surface area contributed by atoms with Crippen molar-refractivity contribution in [2.75, 3.05) is 5.32 Å². The van der Waals surface area contributed by atoms with Crippen molar-refractivity contribution in [1.82, 2.24) is 14.8 Å². The Morgan fingerprint density at radius 1 is 1.40 bits per heavy atom. The highest BCUT2D eigenvalue weighted by Crippen LogP contribution is 2.36. The van der Waals surface area contributed by atoms with Crippen molar-refractivity contribution in [1.29, 1.82) is 0 Å². The Labute approximate surface area is 151 Å². The molecule has 3 rings (SSSR count). The van der Waals surface area contributed by atoms with Gasteiger partial charge in [-0.1, -0.05) is 11.8 Å². The van der Waals surface area contributed by atoms with Crippen molar-refractivity contribution in [3.63, 3.8) is 0 Å². The number of nitro benzene ring substituents is 1. The molecular formula is C15H13N5O3S2. The normalized spacial score (nSPS) is 10.6. The van der Waals surface area contributed by atoms with Crippen LogP contribution in [0.2, 0.25) is 0 Å². The maximum atomic E-state index is 12.3. The van der Waals surface area contributed by atoms with Crippen LogP contribution in [0.25, 0.3) is 0 Å². The summed E-state index contributed by atoms with van der Waals surface area (Å²) in [5, 5.41) is 19.9. The predicted molar refractivity (Wildman–Crippen MR) is 95.2 cm³/mol. The van der Waals surface area contributed by atoms with E-state index in [1.54, 1.807) is 36.1 Å². The molecule has 3 aromatic rings. The van der Waals surface area contributed by atoms with Crippen LogP contribution in [0.5, 0.6) is 0 Å². The monoisotopic (exact) mass is 375 g/mol. The first-order valence-corrected chi connectivity index (χ1v) is 8.81. The van der Waals surface area contributed by atoms with Gasteiger partial charge in [-0.3, -0.25) is 19.6 Å². The quantitative estimate of drug-likeness (QED) is 0.541. The van der Waals surface area contributed by atoms with Gasteiger partial charge in [0.25, 0.3) is 11.6 Å². The van der Waals surface area contributed by atoms with Gasteiger partial charge in [0.1, 0.15) is 0 Å². The highest BCUT2D eigenvalue weighted by Gasteiger charge is 2.20. The Morgan fingerprint density at radius 3 is 2.80 bits per heavy atom. The van der Waals surface area contributed by atoms with Gasteiger partial charge in [-0.2, -0.15) is 5.10 Å². The predicted octanol–water partition coefficient (Wildman–Crippen LogP) is 3.50. The van der Waals surface area contributed by atoms with Crippen LogP contribution >= 0.6 is 23.1 Å². The van der Waals surface area contributed by atoms with Crippen LogP contribution in [0.1, 0.15) is 16.1 Å². The van der Waals surface area contributed by atoms with E-state index in [4.69, 9.17) is 0 Å². The summed E-state index contributed by atoms with van der Waals surface area (Å²) < 4.78 is 2.26. The lowest BCUT2D eigenvalue weighted by molar-refractivity contribution is -0.387. The van der Waals surface area contributed by atoms with Crippen LogP contribution in [0.3, 0.4) is 0 Å². The summed E-state index contributed by atoms with van der Waals surface area (Å²) in [4.78, 5) is 27.9. The average molecular weight is 375 g/mol. The lowest BCUT2D eigenvalue weighted by Crippen LogP contribution is -2.13. The Hall–Kier alpha value is -2.72. The number of anilines is 1. The molecule has 128 valence electrons. The second kappa shape index (κ2) is 7.03. The molecule has 2 heterocycles. The Morgan fingerprint density at radius 2 is 2.20 bits per heavy atom. The molecule has 0 atom stereocenters. The van der Waals surface area contributed by atoms with Gasteiger partial charge in [0.15, 0.2) is 10.2 Å². The molecule has 0 unspecified atom stereocenters. The average Bonchev–Trinajstić information content (AvgIpc) is 3.15. The number of thiazole rings is 1. The maximum Gasteiger partial charge on any atom is 0.284 e. The number of aryl methyl sites for hydroxylation is 2. The molecule has 0 spiro atoms. The van der Waals surface area contributed by atoms with E-state index in [-0.39, 0.29) is 11.3 Å². The fraction of sp³-hybridized carbons (Fsp3) is 0.133. The van der Waals surface area contributed by atoms with Crippen LogP contribution in [0.15, 0.2) is 45.1 Å². The minimum atomic E-state index is -0.500. The third kappa shape index (κ3) is 4.03. The molecule has 0 aliphatic heterocycles. The fourth-order valence-electron chi connectivity index (χ4n) is 2.03. The molecule has 0 fully saturated rings. The number of rotatable bonds is 5. The van der Waals surface area contributed by atoms with E-state index in [0.29, 0.717) is 15.1 Å². The van der Waals surface area contributed by atoms with Crippen LogP contribution in [-0.2, 0) is 7.05 Å². The first-order chi connectivity index (χ1) is 11.9. The number of hydrogen-bond acceptors (Lipinski definition) is 7. The van der Waals surface area contributed by atoms with E-state index < -0.39 is 10.8 Å². The zero-order chi connectivity index (χ0) is 18.0. The third-order valence-corrected chi connectivity index (χ3v) is 5.29. The zero-order valence-electron chi connectivity index (χ0n) is 13.3. The molecule has 2 aromatic heterocycles. The topological polar surface area (TPSA) is 103 Å². The van der Waals surface area contributed by atoms with Gasteiger partial charge < -0.3 is 5.32 Å². The maximum absolute atomic E-state index is 12.3. The molecular weight excluding hydrogens is 362 g/mol. The summed E-state index contributed by atoms with van der Waals surface area (Å²) in [7, 11) is 1.73. The molecule has 1 N–H and O–H groups in total. The van der Waals surface area contributed by atoms with Crippen molar-refractivity contribution in [2.24, 2.45) is 7.05 Å². The first kappa shape index (κ1) is 17.1. The minimum absolute atomic E-state index is 0.133. The molecule has 0 bridgehead atoms. The number of nitrogens with one attached hydrogen (secondary N) is 1. The Bertz CT molecular complexity index is 950. The zero-order valence-corrected chi connectivity index (χ0v) is 14.9. The van der Waals surface area contributed by atoms with Crippen LogP contribution in [0, 0.1) is 17.0 Å². The summed E-state index contributed by atoms with van der Waals surface area (Å²) in [6.07, 6.45) is 1.69. The molecule has 0 aliphatic carbocycles. The van der Waals surface area contributed by atoms with Crippen molar-refractivity contribution in [3.8, 4) is 0 Å². The number of hydrogen-bond donors (Lipinski definition) is 1. The van der Waals surface area contributed by atoms with E-state index >= 15 is 0 Å². The fourth-order valence-corrected chi connectivity index (χ4v) is 3.91. The van der Waals surface area contributed by atoms with E-state index in [1.807, 2.05) is 12.3 Å². The molecule has 1 amide bonds. The molecule has 1 aromatic carbocycles. The van der Waals surface area contributed by atoms with Gasteiger partial charge in [-0.15, -0.1) is 11.3 Å². The lowest BCUT2D eigenvalue weighted by atomic mass is 10.2. The summed E-state index contributed by atoms with van der Waals surface area (Å²) in [5.74, 6) is -0.0738. The van der Waals surface area contributed by atoms with E-state index in [1.165, 1.54) is 29.2 Å². The van der Waals surface area contributed by atoms with E-state index in [9.17, 15) is 14.9 Å². The molecule has 0 aliphatic rings. The van der Waals surface area contributed by atoms with Gasteiger partial charge in [-0.05, 0) is 19.1 Å². The number of carbonyl (C=O) groups excluding carboxylic acids is 1. The van der Waals surface area contributed by atoms with Crippen LogP contribution < -0.4 is 5.32 Å². The smallest absolute Gasteiger partial charge is 0.284 e. The molecule has 0 radical (unpaired) electrons. The third-order valence-electron chi connectivity index (χ3n) is 3.17. The van der Waals surface area contributed by atoms with Crippen molar-refractivity contribution in [2.45, 2.75) is 16.2 Å². The summed E-state index contributed by atoms with van der Waals surface area (Å²) in [6, 6.07) is 6.02. The SMILES string of the molecule is Cc1csc(Sc2ccc(C(=O)Nc3ccn(C)n3)cc2[N+](=O)[O-])n1. The van der Waals surface area contributed by atoms with Gasteiger partial charge in [-0.25, -0.2) is 4.98 Å². The van der Waals surface area contributed by atoms with Gasteiger partial charge in [0.2, 0.25) is 0 Å². The number of amides is 1. The summed E-state index contributed by atoms with van der Waals surface area (Å²) in [5.41, 5.74) is 0.921. The first-order valence-electron chi connectivity index (χ1n) is 7.12. The minimum Gasteiger partial charge on any atom is -0.305 e. The van der Waals surface area contributed by atoms with Gasteiger partial charge in [0, 0.05) is 42.0 Å². The molecule has 0 saturated carbocycles. The molecule has 25 heavy (non-hydrogen) atoms. The summed E-state index contributed by atoms with van der Waals surface area (Å²) >= 11 is 2.63. The van der Waals surface area contributed by atoms with E-state index in [2.05, 4.69) is 15.4 Å². The molecule has 10 heteroatoms. The number of benzene rings is 1. The highest BCUT2D eigenvalue weighted by molar-refractivity contribution is 8.01. The van der Waals surface area contributed by atoms with Crippen molar-refractivity contribution in [3.05, 3.63) is 57.2 Å². The second-order valence-electron chi connectivity index (χ2n) is 5.13. The second-order valence-corrected chi connectivity index (χ2v) is 7.27. The standard InChI is InChI=1S/C15H13N5O3S2/c1-9-8-24-15(16-9)25-12-4-3-10(7-11(12)20(22)23)14(21)17-13-5-6-19(2)18-13/h3-8H,1-2H3,(H,17,18,21). The highest BCUT2D eigenvalue weighted by atomic mass is 32.2. The van der Waals surface area contributed by atoms with Crippen molar-refractivity contribution < 1.29 is 9.72 Å².